The van der Waals surface area contributed by atoms with E-state index >= 15 is 0 Å². The summed E-state index contributed by atoms with van der Waals surface area (Å²) in [5.74, 6) is 2.93. The normalized spacial score (nSPS) is 20.1. The number of amides is 1. The van der Waals surface area contributed by atoms with E-state index < -0.39 is 0 Å². The molecule has 0 aromatic heterocycles. The third-order valence-electron chi connectivity index (χ3n) is 5.04. The lowest BCUT2D eigenvalue weighted by atomic mass is 10.1. The van der Waals surface area contributed by atoms with Crippen molar-refractivity contribution in [3.05, 3.63) is 29.8 Å². The third kappa shape index (κ3) is 3.41. The highest BCUT2D eigenvalue weighted by Gasteiger charge is 2.32. The molecule has 1 aromatic rings. The average molecular weight is 311 g/mol. The quantitative estimate of drug-likeness (QED) is 0.791. The van der Waals surface area contributed by atoms with E-state index in [1.807, 2.05) is 24.0 Å². The summed E-state index contributed by atoms with van der Waals surface area (Å²) >= 11 is 0. The fourth-order valence-electron chi connectivity index (χ4n) is 3.55. The third-order valence-corrected chi connectivity index (χ3v) is 5.04. The van der Waals surface area contributed by atoms with Gasteiger partial charge in [0, 0.05) is 51.4 Å². The highest BCUT2D eigenvalue weighted by atomic mass is 16.2. The Hall–Kier alpha value is -1.83. The van der Waals surface area contributed by atoms with Gasteiger partial charge in [0.1, 0.15) is 0 Å². The molecule has 1 fully saturated rings. The molecule has 4 heteroatoms. The van der Waals surface area contributed by atoms with Gasteiger partial charge >= 0.3 is 0 Å². The zero-order valence-corrected chi connectivity index (χ0v) is 13.9. The highest BCUT2D eigenvalue weighted by Crippen LogP contribution is 2.28. The Morgan fingerprint density at radius 3 is 2.70 bits per heavy atom. The topological polar surface area (TPSA) is 26.8 Å². The van der Waals surface area contributed by atoms with Gasteiger partial charge in [-0.1, -0.05) is 18.2 Å². The molecule has 4 nitrogen and oxygen atoms in total. The van der Waals surface area contributed by atoms with Crippen LogP contribution in [0.5, 0.6) is 0 Å². The number of carbonyl (C=O) groups excluding carboxylic acids is 1. The lowest BCUT2D eigenvalue weighted by Crippen LogP contribution is -2.54. The highest BCUT2D eigenvalue weighted by molar-refractivity contribution is 5.98. The molecule has 3 rings (SSSR count). The van der Waals surface area contributed by atoms with E-state index in [-0.39, 0.29) is 11.9 Å². The predicted molar refractivity (Wildman–Crippen MR) is 93.4 cm³/mol. The Bertz CT molecular complexity index is 599. The summed E-state index contributed by atoms with van der Waals surface area (Å²) in [5, 5.41) is 0. The molecule has 1 aromatic carbocycles. The number of hydrogen-bond acceptors (Lipinski definition) is 3. The monoisotopic (exact) mass is 311 g/mol. The number of fused-ring (bicyclic) bond motifs is 1. The maximum atomic E-state index is 12.9. The molecule has 0 radical (unpaired) electrons. The Morgan fingerprint density at radius 2 is 1.96 bits per heavy atom. The molecule has 23 heavy (non-hydrogen) atoms. The molecule has 2 heterocycles. The molecule has 0 bridgehead atoms. The summed E-state index contributed by atoms with van der Waals surface area (Å²) in [6.07, 6.45) is 7.10. The minimum Gasteiger partial charge on any atom is -0.310 e. The van der Waals surface area contributed by atoms with E-state index in [1.54, 1.807) is 0 Å². The number of piperazine rings is 1. The van der Waals surface area contributed by atoms with E-state index in [2.05, 4.69) is 27.9 Å². The Kier molecular flexibility index (Phi) is 5.00. The van der Waals surface area contributed by atoms with Gasteiger partial charge in [0.2, 0.25) is 5.91 Å². The van der Waals surface area contributed by atoms with Gasteiger partial charge in [0.15, 0.2) is 0 Å². The van der Waals surface area contributed by atoms with Crippen molar-refractivity contribution in [1.82, 2.24) is 9.80 Å². The second-order valence-corrected chi connectivity index (χ2v) is 6.38. The van der Waals surface area contributed by atoms with E-state index in [4.69, 9.17) is 6.42 Å². The first-order valence-corrected chi connectivity index (χ1v) is 8.50. The summed E-state index contributed by atoms with van der Waals surface area (Å²) in [7, 11) is 0. The first kappa shape index (κ1) is 16.0. The van der Waals surface area contributed by atoms with Gasteiger partial charge in [0.05, 0.1) is 6.04 Å². The number of benzene rings is 1. The van der Waals surface area contributed by atoms with Crippen LogP contribution in [-0.2, 0) is 11.2 Å². The maximum Gasteiger partial charge on any atom is 0.244 e. The van der Waals surface area contributed by atoms with Crippen LogP contribution in [0.1, 0.15) is 18.9 Å². The summed E-state index contributed by atoms with van der Waals surface area (Å²) in [6.45, 7) is 7.68. The Balaban J connectivity index is 1.58. The lowest BCUT2D eigenvalue weighted by Gasteiger charge is -2.38. The van der Waals surface area contributed by atoms with Crippen molar-refractivity contribution in [3.8, 4) is 12.3 Å². The van der Waals surface area contributed by atoms with Crippen LogP contribution < -0.4 is 4.90 Å². The van der Waals surface area contributed by atoms with Gasteiger partial charge in [-0.15, -0.1) is 12.3 Å². The summed E-state index contributed by atoms with van der Waals surface area (Å²) in [4.78, 5) is 19.6. The van der Waals surface area contributed by atoms with E-state index in [9.17, 15) is 4.79 Å². The van der Waals surface area contributed by atoms with Crippen LogP contribution in [0.4, 0.5) is 5.69 Å². The molecule has 0 spiro atoms. The van der Waals surface area contributed by atoms with Crippen LogP contribution in [0.3, 0.4) is 0 Å². The number of anilines is 1. The average Bonchev–Trinajstić information content (AvgIpc) is 3.03. The first-order chi connectivity index (χ1) is 11.2. The molecule has 2 aliphatic heterocycles. The van der Waals surface area contributed by atoms with Crippen molar-refractivity contribution in [1.29, 1.82) is 0 Å². The minimum absolute atomic E-state index is 0.0593. The molecule has 122 valence electrons. The summed E-state index contributed by atoms with van der Waals surface area (Å²) < 4.78 is 0. The van der Waals surface area contributed by atoms with Crippen molar-refractivity contribution in [2.45, 2.75) is 25.8 Å². The number of rotatable bonds is 4. The minimum atomic E-state index is -0.0593. The van der Waals surface area contributed by atoms with E-state index in [1.165, 1.54) is 5.56 Å². The van der Waals surface area contributed by atoms with Gasteiger partial charge in [-0.25, -0.2) is 0 Å². The van der Waals surface area contributed by atoms with Crippen molar-refractivity contribution >= 4 is 11.6 Å². The molecular weight excluding hydrogens is 286 g/mol. The molecular formula is C19H25N3O. The van der Waals surface area contributed by atoms with Gasteiger partial charge in [-0.2, -0.15) is 0 Å². The fourth-order valence-corrected chi connectivity index (χ4v) is 3.55. The SMILES string of the molecule is C#CCCN1CCN([C@H](C)C(=O)N2CCc3ccccc32)CC1. The van der Waals surface area contributed by atoms with Crippen LogP contribution in [0, 0.1) is 12.3 Å². The lowest BCUT2D eigenvalue weighted by molar-refractivity contribution is -0.123. The smallest absolute Gasteiger partial charge is 0.244 e. The van der Waals surface area contributed by atoms with Crippen LogP contribution >= 0.6 is 0 Å². The molecule has 0 unspecified atom stereocenters. The number of hydrogen-bond donors (Lipinski definition) is 0. The predicted octanol–water partition coefficient (Wildman–Crippen LogP) is 1.61. The molecule has 1 atom stereocenters. The van der Waals surface area contributed by atoms with Crippen LogP contribution in [0.15, 0.2) is 24.3 Å². The van der Waals surface area contributed by atoms with Crippen molar-refractivity contribution in [2.24, 2.45) is 0 Å². The molecule has 2 aliphatic rings. The Morgan fingerprint density at radius 1 is 1.22 bits per heavy atom. The zero-order chi connectivity index (χ0) is 16.2. The fraction of sp³-hybridized carbons (Fsp3) is 0.526. The zero-order valence-electron chi connectivity index (χ0n) is 13.9. The second-order valence-electron chi connectivity index (χ2n) is 6.38. The maximum absolute atomic E-state index is 12.9. The second kappa shape index (κ2) is 7.16. The van der Waals surface area contributed by atoms with Crippen LogP contribution in [0.25, 0.3) is 0 Å². The van der Waals surface area contributed by atoms with E-state index in [0.717, 1.165) is 57.8 Å². The summed E-state index contributed by atoms with van der Waals surface area (Å²) in [6, 6.07) is 8.18. The molecule has 1 amide bonds. The van der Waals surface area contributed by atoms with Gasteiger partial charge < -0.3 is 4.90 Å². The number of carbonyl (C=O) groups is 1. The standard InChI is InChI=1S/C19H25N3O/c1-3-4-10-20-12-14-21(15-13-20)16(2)19(23)22-11-9-17-7-5-6-8-18(17)22/h1,5-8,16H,4,9-15H2,2H3/t16-/m1/s1. The Labute approximate surface area is 139 Å². The molecule has 0 N–H and O–H groups in total. The van der Waals surface area contributed by atoms with Crippen LogP contribution in [0.2, 0.25) is 0 Å². The van der Waals surface area contributed by atoms with Gasteiger partial charge in [0.25, 0.3) is 0 Å². The molecule has 1 saturated heterocycles. The van der Waals surface area contributed by atoms with Crippen molar-refractivity contribution < 1.29 is 4.79 Å². The number of nitrogens with zero attached hydrogens (tertiary/aromatic N) is 3. The number of para-hydroxylation sites is 1. The van der Waals surface area contributed by atoms with Gasteiger partial charge in [-0.05, 0) is 25.0 Å². The first-order valence-electron chi connectivity index (χ1n) is 8.50. The van der Waals surface area contributed by atoms with Gasteiger partial charge in [-0.3, -0.25) is 14.6 Å². The molecule has 0 saturated carbocycles. The number of terminal acetylenes is 1. The largest absolute Gasteiger partial charge is 0.310 e. The molecule has 0 aliphatic carbocycles. The summed E-state index contributed by atoms with van der Waals surface area (Å²) in [5.41, 5.74) is 2.38. The van der Waals surface area contributed by atoms with Crippen molar-refractivity contribution in [3.63, 3.8) is 0 Å². The van der Waals surface area contributed by atoms with Crippen LogP contribution in [-0.4, -0.2) is 61.0 Å². The van der Waals surface area contributed by atoms with Crippen molar-refractivity contribution in [2.75, 3.05) is 44.2 Å². The van der Waals surface area contributed by atoms with E-state index in [0.29, 0.717) is 0 Å².